The fourth-order valence-corrected chi connectivity index (χ4v) is 2.80. The molecule has 0 fully saturated rings. The average molecular weight is 327 g/mol. The van der Waals surface area contributed by atoms with E-state index in [0.29, 0.717) is 16.5 Å². The van der Waals surface area contributed by atoms with Gasteiger partial charge in [-0.05, 0) is 24.3 Å². The number of aliphatic carboxylic acids is 1. The standard InChI is InChI=1S/C16H13N3O3S/c20-13-8-4-5-11(9-13)15-17-18-16(23-10-14(21)22)19(15)12-6-2-1-3-7-12/h1-9,20H,10H2,(H,21,22). The number of carbonyl (C=O) groups is 1. The molecule has 23 heavy (non-hydrogen) atoms. The largest absolute Gasteiger partial charge is 0.508 e. The molecule has 1 heterocycles. The highest BCUT2D eigenvalue weighted by Gasteiger charge is 2.17. The maximum atomic E-state index is 10.8. The number of hydrogen-bond donors (Lipinski definition) is 2. The molecule has 1 aromatic heterocycles. The number of nitrogens with zero attached hydrogens (tertiary/aromatic N) is 3. The molecule has 0 radical (unpaired) electrons. The highest BCUT2D eigenvalue weighted by atomic mass is 32.2. The second-order valence-electron chi connectivity index (χ2n) is 4.71. The van der Waals surface area contributed by atoms with E-state index >= 15 is 0 Å². The summed E-state index contributed by atoms with van der Waals surface area (Å²) >= 11 is 1.10. The van der Waals surface area contributed by atoms with Crippen molar-refractivity contribution in [3.05, 3.63) is 54.6 Å². The number of aromatic hydroxyl groups is 1. The lowest BCUT2D eigenvalue weighted by molar-refractivity contribution is -0.133. The first-order valence-electron chi connectivity index (χ1n) is 6.80. The maximum absolute atomic E-state index is 10.8. The summed E-state index contributed by atoms with van der Waals surface area (Å²) < 4.78 is 1.78. The van der Waals surface area contributed by atoms with E-state index in [2.05, 4.69) is 10.2 Å². The van der Waals surface area contributed by atoms with Gasteiger partial charge in [-0.15, -0.1) is 10.2 Å². The molecule has 0 aliphatic heterocycles. The number of thioether (sulfide) groups is 1. The summed E-state index contributed by atoms with van der Waals surface area (Å²) in [4.78, 5) is 10.8. The minimum atomic E-state index is -0.920. The fraction of sp³-hybridized carbons (Fsp3) is 0.0625. The third-order valence-corrected chi connectivity index (χ3v) is 3.99. The van der Waals surface area contributed by atoms with Crippen LogP contribution in [0.5, 0.6) is 5.75 Å². The van der Waals surface area contributed by atoms with Gasteiger partial charge in [0.15, 0.2) is 11.0 Å². The Bertz CT molecular complexity index is 834. The molecule has 0 aliphatic rings. The molecule has 2 N–H and O–H groups in total. The van der Waals surface area contributed by atoms with Crippen LogP contribution < -0.4 is 0 Å². The molecule has 0 bridgehead atoms. The van der Waals surface area contributed by atoms with Crippen LogP contribution in [0.2, 0.25) is 0 Å². The Balaban J connectivity index is 2.11. The second-order valence-corrected chi connectivity index (χ2v) is 5.65. The molecule has 0 atom stereocenters. The van der Waals surface area contributed by atoms with Crippen molar-refractivity contribution in [1.29, 1.82) is 0 Å². The molecule has 3 rings (SSSR count). The molecule has 116 valence electrons. The van der Waals surface area contributed by atoms with Gasteiger partial charge in [-0.3, -0.25) is 9.36 Å². The molecule has 0 saturated heterocycles. The molecule has 0 unspecified atom stereocenters. The first kappa shape index (κ1) is 15.1. The molecular formula is C16H13N3O3S. The zero-order chi connectivity index (χ0) is 16.2. The van der Waals surface area contributed by atoms with Crippen LogP contribution in [0.1, 0.15) is 0 Å². The normalized spacial score (nSPS) is 10.6. The quantitative estimate of drug-likeness (QED) is 0.701. The lowest BCUT2D eigenvalue weighted by Gasteiger charge is -2.10. The van der Waals surface area contributed by atoms with Gasteiger partial charge in [0.05, 0.1) is 5.75 Å². The minimum Gasteiger partial charge on any atom is -0.508 e. The van der Waals surface area contributed by atoms with Crippen molar-refractivity contribution in [2.75, 3.05) is 5.75 Å². The first-order chi connectivity index (χ1) is 11.1. The Labute approximate surface area is 136 Å². The van der Waals surface area contributed by atoms with Crippen LogP contribution in [0, 0.1) is 0 Å². The van der Waals surface area contributed by atoms with Gasteiger partial charge >= 0.3 is 5.97 Å². The lowest BCUT2D eigenvalue weighted by atomic mass is 10.2. The van der Waals surface area contributed by atoms with Gasteiger partial charge in [0.25, 0.3) is 0 Å². The first-order valence-corrected chi connectivity index (χ1v) is 7.78. The highest BCUT2D eigenvalue weighted by molar-refractivity contribution is 7.99. The minimum absolute atomic E-state index is 0.106. The van der Waals surface area contributed by atoms with Crippen molar-refractivity contribution in [1.82, 2.24) is 14.8 Å². The van der Waals surface area contributed by atoms with Crippen molar-refractivity contribution >= 4 is 17.7 Å². The van der Waals surface area contributed by atoms with Crippen LogP contribution in [0.4, 0.5) is 0 Å². The number of aromatic nitrogens is 3. The summed E-state index contributed by atoms with van der Waals surface area (Å²) in [6.45, 7) is 0. The third-order valence-electron chi connectivity index (χ3n) is 3.08. The smallest absolute Gasteiger partial charge is 0.313 e. The van der Waals surface area contributed by atoms with Crippen molar-refractivity contribution in [3.8, 4) is 22.8 Å². The fourth-order valence-electron chi connectivity index (χ4n) is 2.13. The second kappa shape index (κ2) is 6.53. The Hall–Kier alpha value is -2.80. The van der Waals surface area contributed by atoms with Crippen LogP contribution in [-0.4, -0.2) is 36.7 Å². The van der Waals surface area contributed by atoms with Gasteiger partial charge in [0.2, 0.25) is 0 Å². The third kappa shape index (κ3) is 3.35. The van der Waals surface area contributed by atoms with Gasteiger partial charge in [0, 0.05) is 11.3 Å². The van der Waals surface area contributed by atoms with Crippen molar-refractivity contribution in [2.24, 2.45) is 0 Å². The summed E-state index contributed by atoms with van der Waals surface area (Å²) in [5, 5.41) is 27.3. The molecule has 2 aromatic carbocycles. The van der Waals surface area contributed by atoms with Crippen molar-refractivity contribution in [3.63, 3.8) is 0 Å². The molecule has 3 aromatic rings. The Morgan fingerprint density at radius 1 is 1.09 bits per heavy atom. The van der Waals surface area contributed by atoms with Crippen LogP contribution >= 0.6 is 11.8 Å². The van der Waals surface area contributed by atoms with Gasteiger partial charge in [0.1, 0.15) is 5.75 Å². The van der Waals surface area contributed by atoms with E-state index in [4.69, 9.17) is 5.11 Å². The molecule has 7 heteroatoms. The van der Waals surface area contributed by atoms with Gasteiger partial charge < -0.3 is 10.2 Å². The van der Waals surface area contributed by atoms with Crippen LogP contribution in [0.25, 0.3) is 17.1 Å². The van der Waals surface area contributed by atoms with Gasteiger partial charge in [-0.2, -0.15) is 0 Å². The van der Waals surface area contributed by atoms with Crippen LogP contribution in [-0.2, 0) is 4.79 Å². The summed E-state index contributed by atoms with van der Waals surface area (Å²) in [7, 11) is 0. The van der Waals surface area contributed by atoms with E-state index < -0.39 is 5.97 Å². The van der Waals surface area contributed by atoms with E-state index in [-0.39, 0.29) is 11.5 Å². The maximum Gasteiger partial charge on any atom is 0.313 e. The Morgan fingerprint density at radius 3 is 2.57 bits per heavy atom. The van der Waals surface area contributed by atoms with Crippen LogP contribution in [0.15, 0.2) is 59.8 Å². The molecule has 6 nitrogen and oxygen atoms in total. The molecule has 0 aliphatic carbocycles. The predicted octanol–water partition coefficient (Wildman–Crippen LogP) is 2.82. The van der Waals surface area contributed by atoms with Gasteiger partial charge in [-0.25, -0.2) is 0 Å². The van der Waals surface area contributed by atoms with E-state index in [1.807, 2.05) is 36.4 Å². The van der Waals surface area contributed by atoms with Gasteiger partial charge in [-0.1, -0.05) is 42.1 Å². The highest BCUT2D eigenvalue weighted by Crippen LogP contribution is 2.29. The number of carboxylic acids is 1. The topological polar surface area (TPSA) is 88.2 Å². The summed E-state index contributed by atoms with van der Waals surface area (Å²) in [5.74, 6) is -0.355. The molecule has 0 spiro atoms. The summed E-state index contributed by atoms with van der Waals surface area (Å²) in [6.07, 6.45) is 0. The van der Waals surface area contributed by atoms with Crippen molar-refractivity contribution < 1.29 is 15.0 Å². The number of hydrogen-bond acceptors (Lipinski definition) is 5. The van der Waals surface area contributed by atoms with E-state index in [0.717, 1.165) is 17.4 Å². The number of rotatable bonds is 5. The summed E-state index contributed by atoms with van der Waals surface area (Å²) in [5.41, 5.74) is 1.52. The van der Waals surface area contributed by atoms with E-state index in [1.54, 1.807) is 22.8 Å². The number of phenols is 1. The predicted molar refractivity (Wildman–Crippen MR) is 86.8 cm³/mol. The Kier molecular flexibility index (Phi) is 4.29. The molecule has 0 amide bonds. The lowest BCUT2D eigenvalue weighted by Crippen LogP contribution is -2.03. The molecule has 0 saturated carbocycles. The van der Waals surface area contributed by atoms with E-state index in [9.17, 15) is 9.90 Å². The zero-order valence-electron chi connectivity index (χ0n) is 12.0. The van der Waals surface area contributed by atoms with Crippen LogP contribution in [0.3, 0.4) is 0 Å². The number of para-hydroxylation sites is 1. The monoisotopic (exact) mass is 327 g/mol. The number of phenolic OH excluding ortho intramolecular Hbond substituents is 1. The SMILES string of the molecule is O=C(O)CSc1nnc(-c2cccc(O)c2)n1-c1ccccc1. The number of benzene rings is 2. The number of carboxylic acid groups (broad SMARTS) is 1. The Morgan fingerprint density at radius 2 is 1.87 bits per heavy atom. The zero-order valence-corrected chi connectivity index (χ0v) is 12.8. The van der Waals surface area contributed by atoms with E-state index in [1.165, 1.54) is 0 Å². The van der Waals surface area contributed by atoms with Crippen molar-refractivity contribution in [2.45, 2.75) is 5.16 Å². The molecular weight excluding hydrogens is 314 g/mol. The summed E-state index contributed by atoms with van der Waals surface area (Å²) in [6, 6.07) is 16.1. The average Bonchev–Trinajstić information content (AvgIpc) is 2.97.